The van der Waals surface area contributed by atoms with Gasteiger partial charge < -0.3 is 15.0 Å². The minimum absolute atomic E-state index is 0.806. The minimum atomic E-state index is 0.806. The van der Waals surface area contributed by atoms with E-state index in [-0.39, 0.29) is 0 Å². The SMILES string of the molecule is c1ccc(C2CCC([NH2+]CC[NH+]3CCOCC3)CC2)cc1. The number of nitrogens with one attached hydrogen (secondary N) is 1. The largest absolute Gasteiger partial charge is 0.370 e. The summed E-state index contributed by atoms with van der Waals surface area (Å²) in [4.78, 5) is 1.73. The van der Waals surface area contributed by atoms with E-state index in [2.05, 4.69) is 35.6 Å². The predicted molar refractivity (Wildman–Crippen MR) is 84.6 cm³/mol. The van der Waals surface area contributed by atoms with Gasteiger partial charge in [-0.25, -0.2) is 0 Å². The van der Waals surface area contributed by atoms with Crippen molar-refractivity contribution in [3.8, 4) is 0 Å². The normalized spacial score (nSPS) is 27.6. The van der Waals surface area contributed by atoms with Crippen LogP contribution >= 0.6 is 0 Å². The Morgan fingerprint density at radius 2 is 1.71 bits per heavy atom. The Labute approximate surface area is 128 Å². The molecular weight excluding hydrogens is 260 g/mol. The van der Waals surface area contributed by atoms with Crippen LogP contribution in [0.4, 0.5) is 0 Å². The lowest BCUT2D eigenvalue weighted by Gasteiger charge is -2.28. The Hall–Kier alpha value is -0.900. The lowest BCUT2D eigenvalue weighted by atomic mass is 9.82. The molecule has 0 atom stereocenters. The molecule has 1 aliphatic carbocycles. The number of hydrogen-bond acceptors (Lipinski definition) is 1. The molecule has 3 heteroatoms. The monoisotopic (exact) mass is 290 g/mol. The van der Waals surface area contributed by atoms with E-state index in [1.807, 2.05) is 0 Å². The van der Waals surface area contributed by atoms with E-state index in [4.69, 9.17) is 4.74 Å². The third-order valence-electron chi connectivity index (χ3n) is 5.24. The van der Waals surface area contributed by atoms with E-state index in [0.717, 1.165) is 25.2 Å². The maximum atomic E-state index is 5.42. The number of nitrogens with two attached hydrogens (primary N) is 1. The van der Waals surface area contributed by atoms with E-state index in [0.29, 0.717) is 0 Å². The number of rotatable bonds is 5. The first-order valence-corrected chi connectivity index (χ1v) is 8.71. The Morgan fingerprint density at radius 1 is 1.00 bits per heavy atom. The highest BCUT2D eigenvalue weighted by molar-refractivity contribution is 5.19. The van der Waals surface area contributed by atoms with Crippen LogP contribution in [0, 0.1) is 0 Å². The van der Waals surface area contributed by atoms with Crippen molar-refractivity contribution in [2.75, 3.05) is 39.4 Å². The molecule has 1 heterocycles. The van der Waals surface area contributed by atoms with Crippen molar-refractivity contribution in [2.45, 2.75) is 37.6 Å². The van der Waals surface area contributed by atoms with Crippen molar-refractivity contribution in [1.29, 1.82) is 0 Å². The maximum Gasteiger partial charge on any atom is 0.127 e. The standard InChI is InChI=1S/C18H28N2O/c1-2-4-16(5-3-1)17-6-8-18(9-7-17)19-10-11-20-12-14-21-15-13-20/h1-5,17-19H,6-15H2/p+2. The second-order valence-electron chi connectivity index (χ2n) is 6.66. The third kappa shape index (κ3) is 4.53. The Morgan fingerprint density at radius 3 is 2.43 bits per heavy atom. The van der Waals surface area contributed by atoms with Gasteiger partial charge in [-0.2, -0.15) is 0 Å². The molecule has 1 saturated heterocycles. The van der Waals surface area contributed by atoms with Crippen LogP contribution < -0.4 is 10.2 Å². The van der Waals surface area contributed by atoms with Gasteiger partial charge in [-0.15, -0.1) is 0 Å². The second kappa shape index (κ2) is 7.92. The van der Waals surface area contributed by atoms with Crippen LogP contribution in [-0.4, -0.2) is 45.4 Å². The van der Waals surface area contributed by atoms with Crippen molar-refractivity contribution in [1.82, 2.24) is 0 Å². The van der Waals surface area contributed by atoms with E-state index < -0.39 is 0 Å². The van der Waals surface area contributed by atoms with Gasteiger partial charge in [0.15, 0.2) is 0 Å². The zero-order valence-electron chi connectivity index (χ0n) is 13.1. The molecule has 2 fully saturated rings. The number of hydrogen-bond donors (Lipinski definition) is 2. The van der Waals surface area contributed by atoms with E-state index in [1.54, 1.807) is 10.5 Å². The molecule has 0 spiro atoms. The van der Waals surface area contributed by atoms with E-state index >= 15 is 0 Å². The smallest absolute Gasteiger partial charge is 0.127 e. The zero-order valence-corrected chi connectivity index (χ0v) is 13.1. The summed E-state index contributed by atoms with van der Waals surface area (Å²) in [5.41, 5.74) is 1.55. The average molecular weight is 290 g/mol. The molecule has 3 nitrogen and oxygen atoms in total. The molecule has 21 heavy (non-hydrogen) atoms. The van der Waals surface area contributed by atoms with Crippen molar-refractivity contribution >= 4 is 0 Å². The summed E-state index contributed by atoms with van der Waals surface area (Å²) in [7, 11) is 0. The van der Waals surface area contributed by atoms with Crippen molar-refractivity contribution in [3.05, 3.63) is 35.9 Å². The summed E-state index contributed by atoms with van der Waals surface area (Å²) in [5.74, 6) is 0.806. The molecule has 0 amide bonds. The zero-order chi connectivity index (χ0) is 14.3. The topological polar surface area (TPSA) is 30.3 Å². The molecule has 3 rings (SSSR count). The highest BCUT2D eigenvalue weighted by Gasteiger charge is 2.24. The van der Waals surface area contributed by atoms with Gasteiger partial charge >= 0.3 is 0 Å². The number of quaternary nitrogens is 2. The van der Waals surface area contributed by atoms with Gasteiger partial charge in [0.05, 0.1) is 19.3 Å². The predicted octanol–water partition coefficient (Wildman–Crippen LogP) is 0.191. The first kappa shape index (κ1) is 15.0. The lowest BCUT2D eigenvalue weighted by Crippen LogP contribution is -3.16. The quantitative estimate of drug-likeness (QED) is 0.797. The number of ether oxygens (including phenoxy) is 1. The molecule has 3 N–H and O–H groups in total. The second-order valence-corrected chi connectivity index (χ2v) is 6.66. The first-order valence-electron chi connectivity index (χ1n) is 8.71. The summed E-state index contributed by atoms with van der Waals surface area (Å²) < 4.78 is 5.42. The van der Waals surface area contributed by atoms with Gasteiger partial charge in [-0.05, 0) is 37.2 Å². The first-order chi connectivity index (χ1) is 10.4. The fraction of sp³-hybridized carbons (Fsp3) is 0.667. The van der Waals surface area contributed by atoms with Crippen molar-refractivity contribution in [2.24, 2.45) is 0 Å². The summed E-state index contributed by atoms with van der Waals surface area (Å²) in [6.45, 7) is 6.91. The van der Waals surface area contributed by atoms with Crippen LogP contribution in [0.25, 0.3) is 0 Å². The summed E-state index contributed by atoms with van der Waals surface area (Å²) in [6.07, 6.45) is 5.52. The summed E-state index contributed by atoms with van der Waals surface area (Å²) >= 11 is 0. The molecule has 1 saturated carbocycles. The molecule has 0 bridgehead atoms. The van der Waals surface area contributed by atoms with Gasteiger partial charge in [0.2, 0.25) is 0 Å². The van der Waals surface area contributed by atoms with Crippen LogP contribution in [0.5, 0.6) is 0 Å². The minimum Gasteiger partial charge on any atom is -0.370 e. The van der Waals surface area contributed by atoms with Gasteiger partial charge in [0.25, 0.3) is 0 Å². The molecule has 0 aromatic heterocycles. The molecule has 0 unspecified atom stereocenters. The highest BCUT2D eigenvalue weighted by atomic mass is 16.5. The van der Waals surface area contributed by atoms with Crippen LogP contribution in [0.1, 0.15) is 37.2 Å². The van der Waals surface area contributed by atoms with E-state index in [1.165, 1.54) is 51.9 Å². The number of benzene rings is 1. The van der Waals surface area contributed by atoms with Crippen LogP contribution in [0.3, 0.4) is 0 Å². The van der Waals surface area contributed by atoms with Crippen LogP contribution in [0.15, 0.2) is 30.3 Å². The fourth-order valence-electron chi connectivity index (χ4n) is 3.85. The number of morpholine rings is 1. The van der Waals surface area contributed by atoms with E-state index in [9.17, 15) is 0 Å². The molecule has 1 aromatic rings. The third-order valence-corrected chi connectivity index (χ3v) is 5.24. The average Bonchev–Trinajstić information content (AvgIpc) is 2.57. The maximum absolute atomic E-state index is 5.42. The van der Waals surface area contributed by atoms with Crippen molar-refractivity contribution in [3.63, 3.8) is 0 Å². The molecular formula is C18H30N2O+2. The fourth-order valence-corrected chi connectivity index (χ4v) is 3.85. The van der Waals surface area contributed by atoms with Gasteiger partial charge in [0.1, 0.15) is 26.2 Å². The Kier molecular flexibility index (Phi) is 5.67. The van der Waals surface area contributed by atoms with Gasteiger partial charge in [-0.3, -0.25) is 0 Å². The Bertz CT molecular complexity index is 395. The summed E-state index contributed by atoms with van der Waals surface area (Å²) in [5, 5.41) is 2.61. The van der Waals surface area contributed by atoms with Crippen LogP contribution in [0.2, 0.25) is 0 Å². The lowest BCUT2D eigenvalue weighted by molar-refractivity contribution is -0.921. The molecule has 116 valence electrons. The van der Waals surface area contributed by atoms with Crippen LogP contribution in [-0.2, 0) is 4.74 Å². The highest BCUT2D eigenvalue weighted by Crippen LogP contribution is 2.31. The van der Waals surface area contributed by atoms with Gasteiger partial charge in [-0.1, -0.05) is 30.3 Å². The molecule has 2 aliphatic rings. The summed E-state index contributed by atoms with van der Waals surface area (Å²) in [6, 6.07) is 12.0. The molecule has 0 radical (unpaired) electrons. The molecule has 1 aromatic carbocycles. The Balaban J connectivity index is 1.34. The van der Waals surface area contributed by atoms with Crippen molar-refractivity contribution < 1.29 is 15.0 Å². The van der Waals surface area contributed by atoms with Gasteiger partial charge in [0, 0.05) is 0 Å². The molecule has 1 aliphatic heterocycles.